The fourth-order valence-corrected chi connectivity index (χ4v) is 4.69. The molecule has 0 unspecified atom stereocenters. The van der Waals surface area contributed by atoms with Crippen LogP contribution in [0.5, 0.6) is 0 Å². The summed E-state index contributed by atoms with van der Waals surface area (Å²) in [6, 6.07) is 3.95. The van der Waals surface area contributed by atoms with Crippen molar-refractivity contribution in [2.45, 2.75) is 38.5 Å². The molecule has 2 aromatic rings. The molecule has 13 heteroatoms. The molecule has 4 amide bonds. The summed E-state index contributed by atoms with van der Waals surface area (Å²) in [4.78, 5) is 56.5. The molecule has 0 aromatic carbocycles. The maximum absolute atomic E-state index is 14.3. The van der Waals surface area contributed by atoms with E-state index in [1.165, 1.54) is 22.7 Å². The van der Waals surface area contributed by atoms with E-state index in [4.69, 9.17) is 5.73 Å². The Morgan fingerprint density at radius 1 is 1.28 bits per heavy atom. The number of nitrogens with two attached hydrogens (primary N) is 1. The second-order valence-electron chi connectivity index (χ2n) is 8.63. The lowest BCUT2D eigenvalue weighted by molar-refractivity contribution is -0.137. The number of anilines is 1. The first kappa shape index (κ1) is 25.5. The zero-order valence-corrected chi connectivity index (χ0v) is 21.1. The molecule has 1 saturated heterocycles. The minimum absolute atomic E-state index is 0.00476. The van der Waals surface area contributed by atoms with E-state index in [9.17, 15) is 23.6 Å². The first-order valence-electron chi connectivity index (χ1n) is 11.3. The second-order valence-corrected chi connectivity index (χ2v) is 9.44. The monoisotopic (exact) mass is 561 g/mol. The smallest absolute Gasteiger partial charge is 0.269 e. The van der Waals surface area contributed by atoms with Crippen molar-refractivity contribution in [2.24, 2.45) is 5.73 Å². The molecule has 190 valence electrons. The fourth-order valence-electron chi connectivity index (χ4n) is 4.34. The molecule has 0 spiro atoms. The number of hydrogen-bond donors (Lipinski definition) is 2. The van der Waals surface area contributed by atoms with Crippen LogP contribution in [0, 0.1) is 0 Å². The van der Waals surface area contributed by atoms with E-state index >= 15 is 0 Å². The lowest BCUT2D eigenvalue weighted by atomic mass is 9.99. The lowest BCUT2D eigenvalue weighted by Crippen LogP contribution is -2.44. The number of pyridine rings is 1. The van der Waals surface area contributed by atoms with Crippen LogP contribution in [0.25, 0.3) is 5.57 Å². The second kappa shape index (κ2) is 10.6. The van der Waals surface area contributed by atoms with Gasteiger partial charge in [0, 0.05) is 38.2 Å². The first-order chi connectivity index (χ1) is 17.1. The summed E-state index contributed by atoms with van der Waals surface area (Å²) in [5.41, 5.74) is 6.80. The van der Waals surface area contributed by atoms with Gasteiger partial charge >= 0.3 is 0 Å². The molecular formula is C23H25BrFN7O4. The number of aromatic nitrogens is 3. The van der Waals surface area contributed by atoms with E-state index in [1.807, 2.05) is 6.08 Å². The summed E-state index contributed by atoms with van der Waals surface area (Å²) in [6.07, 6.45) is 2.37. The van der Waals surface area contributed by atoms with Crippen LogP contribution in [-0.4, -0.2) is 80.0 Å². The van der Waals surface area contributed by atoms with Crippen LogP contribution in [0.1, 0.15) is 35.8 Å². The van der Waals surface area contributed by atoms with Gasteiger partial charge in [-0.25, -0.2) is 9.37 Å². The Labute approximate surface area is 214 Å². The van der Waals surface area contributed by atoms with Gasteiger partial charge in [0.15, 0.2) is 5.69 Å². The number of nitrogens with one attached hydrogen (secondary N) is 1. The Balaban J connectivity index is 1.50. The van der Waals surface area contributed by atoms with E-state index in [2.05, 4.69) is 31.3 Å². The Bertz CT molecular complexity index is 1250. The molecule has 0 saturated carbocycles. The van der Waals surface area contributed by atoms with Crippen LogP contribution in [-0.2, 0) is 20.9 Å². The van der Waals surface area contributed by atoms with Crippen molar-refractivity contribution in [1.29, 1.82) is 0 Å². The van der Waals surface area contributed by atoms with Gasteiger partial charge in [-0.2, -0.15) is 5.10 Å². The number of nitrogens with zero attached hydrogens (tertiary/aromatic N) is 5. The quantitative estimate of drug-likeness (QED) is 0.509. The van der Waals surface area contributed by atoms with E-state index in [-0.39, 0.29) is 36.9 Å². The van der Waals surface area contributed by atoms with E-state index in [0.717, 1.165) is 5.57 Å². The normalized spacial score (nSPS) is 19.7. The Kier molecular flexibility index (Phi) is 7.48. The summed E-state index contributed by atoms with van der Waals surface area (Å²) < 4.78 is 16.1. The van der Waals surface area contributed by atoms with Crippen LogP contribution < -0.4 is 11.1 Å². The highest BCUT2D eigenvalue weighted by atomic mass is 79.9. The number of hydrogen-bond acceptors (Lipinski definition) is 6. The SMILES string of the molecule is CC(=O)N1CC=C(c2cn(CC(=O)N3C[C@H](F)C[C@H]3C(=O)Nc3cccc(Br)n3)nc2C(N)=O)CC1. The van der Waals surface area contributed by atoms with Crippen LogP contribution in [0.2, 0.25) is 0 Å². The topological polar surface area (TPSA) is 144 Å². The molecule has 2 aromatic heterocycles. The van der Waals surface area contributed by atoms with Gasteiger partial charge in [-0.3, -0.25) is 23.9 Å². The molecule has 0 aliphatic carbocycles. The van der Waals surface area contributed by atoms with Gasteiger partial charge in [-0.05, 0) is 40.1 Å². The number of carbonyl (C=O) groups excluding carboxylic acids is 4. The van der Waals surface area contributed by atoms with Crippen LogP contribution >= 0.6 is 15.9 Å². The van der Waals surface area contributed by atoms with Crippen molar-refractivity contribution in [2.75, 3.05) is 25.0 Å². The number of primary amides is 1. The van der Waals surface area contributed by atoms with E-state index < -0.39 is 29.9 Å². The van der Waals surface area contributed by atoms with Crippen LogP contribution in [0.4, 0.5) is 10.2 Å². The van der Waals surface area contributed by atoms with E-state index in [0.29, 0.717) is 29.7 Å². The summed E-state index contributed by atoms with van der Waals surface area (Å²) >= 11 is 3.22. The predicted molar refractivity (Wildman–Crippen MR) is 131 cm³/mol. The van der Waals surface area contributed by atoms with Gasteiger partial charge in [-0.15, -0.1) is 0 Å². The fraction of sp³-hybridized carbons (Fsp3) is 0.391. The molecule has 2 atom stereocenters. The zero-order chi connectivity index (χ0) is 26.0. The Hall–Kier alpha value is -3.61. The third kappa shape index (κ3) is 5.61. The molecule has 11 nitrogen and oxygen atoms in total. The first-order valence-corrected chi connectivity index (χ1v) is 12.1. The lowest BCUT2D eigenvalue weighted by Gasteiger charge is -2.25. The largest absolute Gasteiger partial charge is 0.364 e. The Morgan fingerprint density at radius 2 is 2.06 bits per heavy atom. The average Bonchev–Trinajstić information content (AvgIpc) is 3.43. The Morgan fingerprint density at radius 3 is 2.69 bits per heavy atom. The molecule has 4 heterocycles. The summed E-state index contributed by atoms with van der Waals surface area (Å²) in [7, 11) is 0. The molecule has 3 N–H and O–H groups in total. The molecule has 2 aliphatic heterocycles. The standard InChI is InChI=1S/C23H25BrFN7O4/c1-13(33)30-7-5-14(6-8-30)16-11-31(29-21(16)22(26)35)12-20(34)32-10-15(25)9-17(32)23(36)28-19-4-2-3-18(24)27-19/h2-5,11,15,17H,6-10,12H2,1H3,(H2,26,35)(H,27,28,36)/t15-,17+/m1/s1. The molecule has 0 bridgehead atoms. The summed E-state index contributed by atoms with van der Waals surface area (Å²) in [5, 5.41) is 6.80. The van der Waals surface area contributed by atoms with Crippen molar-refractivity contribution >= 4 is 50.9 Å². The number of likely N-dealkylation sites (tertiary alicyclic amines) is 1. The number of carbonyl (C=O) groups is 4. The van der Waals surface area contributed by atoms with Crippen molar-refractivity contribution in [3.8, 4) is 0 Å². The third-order valence-corrected chi connectivity index (χ3v) is 6.57. The van der Waals surface area contributed by atoms with Crippen molar-refractivity contribution in [1.82, 2.24) is 24.6 Å². The molecule has 0 radical (unpaired) electrons. The van der Waals surface area contributed by atoms with Gasteiger partial charge in [0.05, 0.1) is 6.54 Å². The molecular weight excluding hydrogens is 537 g/mol. The molecule has 1 fully saturated rings. The average molecular weight is 562 g/mol. The minimum atomic E-state index is -1.36. The van der Waals surface area contributed by atoms with Crippen LogP contribution in [0.15, 0.2) is 35.1 Å². The van der Waals surface area contributed by atoms with Gasteiger partial charge in [0.2, 0.25) is 17.7 Å². The van der Waals surface area contributed by atoms with Crippen molar-refractivity contribution < 1.29 is 23.6 Å². The molecule has 2 aliphatic rings. The summed E-state index contributed by atoms with van der Waals surface area (Å²) in [6.45, 7) is 1.83. The zero-order valence-electron chi connectivity index (χ0n) is 19.5. The number of amides is 4. The third-order valence-electron chi connectivity index (χ3n) is 6.13. The van der Waals surface area contributed by atoms with Gasteiger partial charge in [0.25, 0.3) is 5.91 Å². The van der Waals surface area contributed by atoms with Crippen LogP contribution in [0.3, 0.4) is 0 Å². The number of halogens is 2. The summed E-state index contributed by atoms with van der Waals surface area (Å²) in [5.74, 6) is -1.60. The van der Waals surface area contributed by atoms with Crippen molar-refractivity contribution in [3.63, 3.8) is 0 Å². The van der Waals surface area contributed by atoms with Gasteiger partial charge in [-0.1, -0.05) is 12.1 Å². The van der Waals surface area contributed by atoms with E-state index in [1.54, 1.807) is 23.1 Å². The number of alkyl halides is 1. The maximum Gasteiger partial charge on any atom is 0.269 e. The molecule has 36 heavy (non-hydrogen) atoms. The van der Waals surface area contributed by atoms with Gasteiger partial charge in [0.1, 0.15) is 29.2 Å². The highest BCUT2D eigenvalue weighted by molar-refractivity contribution is 9.10. The maximum atomic E-state index is 14.3. The predicted octanol–water partition coefficient (Wildman–Crippen LogP) is 1.35. The van der Waals surface area contributed by atoms with Gasteiger partial charge < -0.3 is 20.9 Å². The number of rotatable bonds is 6. The molecule has 4 rings (SSSR count). The highest BCUT2D eigenvalue weighted by Gasteiger charge is 2.40. The van der Waals surface area contributed by atoms with Crippen molar-refractivity contribution in [3.05, 3.63) is 46.3 Å². The highest BCUT2D eigenvalue weighted by Crippen LogP contribution is 2.26. The minimum Gasteiger partial charge on any atom is -0.364 e.